The third-order valence-corrected chi connectivity index (χ3v) is 7.65. The number of hydrogen-bond acceptors (Lipinski definition) is 2. The Balaban J connectivity index is 3.78. The lowest BCUT2D eigenvalue weighted by Gasteiger charge is -2.39. The van der Waals surface area contributed by atoms with Crippen LogP contribution in [0.5, 0.6) is 0 Å². The summed E-state index contributed by atoms with van der Waals surface area (Å²) in [5, 5.41) is -0.586. The molecule has 27 heavy (non-hydrogen) atoms. The smallest absolute Gasteiger partial charge is 0.376 e. The van der Waals surface area contributed by atoms with Crippen molar-refractivity contribution in [1.29, 1.82) is 0 Å². The van der Waals surface area contributed by atoms with Crippen molar-refractivity contribution in [2.24, 2.45) is 0 Å². The highest BCUT2D eigenvalue weighted by atomic mass is 31.1. The lowest BCUT2D eigenvalue weighted by Crippen LogP contribution is -2.55. The van der Waals surface area contributed by atoms with E-state index in [-0.39, 0.29) is 0 Å². The average Bonchev–Trinajstić information content (AvgIpc) is 2.59. The van der Waals surface area contributed by atoms with Gasteiger partial charge in [0, 0.05) is 12.8 Å². The van der Waals surface area contributed by atoms with Crippen molar-refractivity contribution in [3.63, 3.8) is 0 Å². The molecule has 0 aliphatic heterocycles. The lowest BCUT2D eigenvalue weighted by atomic mass is 9.99. The fourth-order valence-electron chi connectivity index (χ4n) is 4.05. The Kier molecular flexibility index (Phi) is 15.5. The fraction of sp³-hybridized carbons (Fsp3) is 0.913. The molecule has 4 heteroatoms. The second-order valence-corrected chi connectivity index (χ2v) is 10.3. The summed E-state index contributed by atoms with van der Waals surface area (Å²) < 4.78 is 12.6. The molecule has 0 amide bonds. The first-order valence-corrected chi connectivity index (χ1v) is 12.6. The van der Waals surface area contributed by atoms with E-state index in [0.29, 0.717) is 4.48 Å². The summed E-state index contributed by atoms with van der Waals surface area (Å²) in [6.45, 7) is 4.18. The maximum Gasteiger partial charge on any atom is 0.376 e. The minimum Gasteiger partial charge on any atom is -0.590 e. The molecule has 160 valence electrons. The highest BCUT2D eigenvalue weighted by Crippen LogP contribution is 2.45. The second-order valence-electron chi connectivity index (χ2n) is 9.00. The molecule has 0 fully saturated rings. The molecule has 0 aromatic carbocycles. The van der Waals surface area contributed by atoms with Crippen molar-refractivity contribution in [3.05, 3.63) is 12.2 Å². The van der Waals surface area contributed by atoms with E-state index in [9.17, 15) is 9.46 Å². The van der Waals surface area contributed by atoms with Crippen molar-refractivity contribution in [2.75, 3.05) is 21.1 Å². The first-order valence-electron chi connectivity index (χ1n) is 11.4. The molecule has 0 bridgehead atoms. The summed E-state index contributed by atoms with van der Waals surface area (Å²) in [5.74, 6) is 0. The minimum absolute atomic E-state index is 0.522. The Hall–Kier alpha value is -0.240. The van der Waals surface area contributed by atoms with Crippen LogP contribution in [-0.2, 0) is 4.57 Å². The van der Waals surface area contributed by atoms with E-state index >= 15 is 0 Å². The zero-order valence-corrected chi connectivity index (χ0v) is 19.9. The number of allylic oxidation sites excluding steroid dienone is 2. The molecule has 0 radical (unpaired) electrons. The predicted molar refractivity (Wildman–Crippen MR) is 118 cm³/mol. The van der Waals surface area contributed by atoms with Crippen LogP contribution in [0.3, 0.4) is 0 Å². The van der Waals surface area contributed by atoms with Crippen LogP contribution in [0.15, 0.2) is 12.2 Å². The third kappa shape index (κ3) is 11.4. The van der Waals surface area contributed by atoms with E-state index in [0.717, 1.165) is 25.7 Å². The van der Waals surface area contributed by atoms with Gasteiger partial charge in [-0.15, -0.1) is 0 Å². The van der Waals surface area contributed by atoms with Gasteiger partial charge in [0.05, 0.1) is 21.1 Å². The first-order chi connectivity index (χ1) is 12.8. The molecule has 3 nitrogen and oxygen atoms in total. The van der Waals surface area contributed by atoms with Crippen LogP contribution in [0.2, 0.25) is 0 Å². The van der Waals surface area contributed by atoms with E-state index in [1.165, 1.54) is 70.6 Å². The second kappa shape index (κ2) is 15.7. The van der Waals surface area contributed by atoms with Crippen LogP contribution in [-0.4, -0.2) is 30.9 Å². The van der Waals surface area contributed by atoms with E-state index in [1.54, 1.807) is 0 Å². The number of nitrogens with zero attached hydrogens (tertiary/aromatic N) is 1. The molecule has 2 unspecified atom stereocenters. The van der Waals surface area contributed by atoms with Gasteiger partial charge in [-0.25, -0.2) is 0 Å². The Bertz CT molecular complexity index is 404. The van der Waals surface area contributed by atoms with E-state index in [4.69, 9.17) is 0 Å². The Morgan fingerprint density at radius 1 is 0.815 bits per heavy atom. The van der Waals surface area contributed by atoms with Crippen LogP contribution in [0, 0.1) is 0 Å². The molecule has 0 saturated heterocycles. The van der Waals surface area contributed by atoms with Crippen LogP contribution in [0.1, 0.15) is 110 Å². The number of quaternary nitrogens is 1. The number of hydrogen-bond donors (Lipinski definition) is 0. The van der Waals surface area contributed by atoms with Crippen LogP contribution in [0.4, 0.5) is 0 Å². The van der Waals surface area contributed by atoms with Crippen molar-refractivity contribution < 1.29 is 13.9 Å². The lowest BCUT2D eigenvalue weighted by molar-refractivity contribution is -0.910. The summed E-state index contributed by atoms with van der Waals surface area (Å²) in [7, 11) is 3.67. The molecule has 0 aliphatic carbocycles. The minimum atomic E-state index is -2.42. The first kappa shape index (κ1) is 26.8. The quantitative estimate of drug-likeness (QED) is 0.108. The molecule has 0 aliphatic rings. The van der Waals surface area contributed by atoms with Gasteiger partial charge in [0.2, 0.25) is 0 Å². The van der Waals surface area contributed by atoms with Gasteiger partial charge in [-0.3, -0.25) is 4.48 Å². The molecule has 0 saturated carbocycles. The molecule has 0 N–H and O–H groups in total. The van der Waals surface area contributed by atoms with E-state index in [2.05, 4.69) is 26.0 Å². The zero-order valence-electron chi connectivity index (χ0n) is 19.0. The molecular formula is C23H47NO2P+. The van der Waals surface area contributed by atoms with Gasteiger partial charge < -0.3 is 4.89 Å². The highest BCUT2D eigenvalue weighted by Gasteiger charge is 2.53. The molecule has 0 aromatic rings. The topological polar surface area (TPSA) is 40.1 Å². The summed E-state index contributed by atoms with van der Waals surface area (Å²) >= 11 is 0. The predicted octanol–water partition coefficient (Wildman–Crippen LogP) is 6.94. The number of rotatable bonds is 18. The van der Waals surface area contributed by atoms with E-state index < -0.39 is 13.3 Å². The third-order valence-electron chi connectivity index (χ3n) is 5.92. The van der Waals surface area contributed by atoms with Gasteiger partial charge in [0.1, 0.15) is 0 Å². The molecule has 2 atom stereocenters. The molecular weight excluding hydrogens is 353 g/mol. The fourth-order valence-corrected chi connectivity index (χ4v) is 5.29. The summed E-state index contributed by atoms with van der Waals surface area (Å²) in [6.07, 6.45) is 22.5. The van der Waals surface area contributed by atoms with Crippen LogP contribution in [0.25, 0.3) is 0 Å². The molecule has 0 spiro atoms. The zero-order chi connectivity index (χ0) is 20.6. The van der Waals surface area contributed by atoms with Crippen molar-refractivity contribution in [1.82, 2.24) is 0 Å². The monoisotopic (exact) mass is 400 g/mol. The van der Waals surface area contributed by atoms with Gasteiger partial charge in [0.15, 0.2) is 0 Å². The SMILES string of the molecule is C/C=C\CCCCCCCCCCCCCC(CCC)([P+](=O)[O-])[N+](C)(C)C. The maximum atomic E-state index is 12.0. The summed E-state index contributed by atoms with van der Waals surface area (Å²) in [4.78, 5) is 12.0. The standard InChI is InChI=1S/C23H47NO2P/c1-6-8-9-10-11-12-13-14-15-16-17-18-19-20-22-23(21-7-2,27(25)26)24(3,4)5/h6,8H,7,9-22H2,1-5H3/q+1/b8-6-. The average molecular weight is 401 g/mol. The normalized spacial score (nSPS) is 15.3. The molecule has 0 rings (SSSR count). The van der Waals surface area contributed by atoms with Crippen molar-refractivity contribution in [2.45, 2.75) is 115 Å². The Morgan fingerprint density at radius 2 is 1.26 bits per heavy atom. The van der Waals surface area contributed by atoms with Crippen LogP contribution >= 0.6 is 8.03 Å². The van der Waals surface area contributed by atoms with E-state index in [1.807, 2.05) is 21.1 Å². The largest absolute Gasteiger partial charge is 0.590 e. The van der Waals surface area contributed by atoms with Crippen molar-refractivity contribution in [3.8, 4) is 0 Å². The molecule has 0 heterocycles. The van der Waals surface area contributed by atoms with Gasteiger partial charge in [-0.05, 0) is 32.6 Å². The van der Waals surface area contributed by atoms with Gasteiger partial charge in [-0.1, -0.05) is 81.4 Å². The Morgan fingerprint density at radius 3 is 1.63 bits per heavy atom. The maximum absolute atomic E-state index is 12.0. The summed E-state index contributed by atoms with van der Waals surface area (Å²) in [5.41, 5.74) is 0. The van der Waals surface area contributed by atoms with Gasteiger partial charge >= 0.3 is 8.03 Å². The van der Waals surface area contributed by atoms with Gasteiger partial charge in [-0.2, -0.15) is 0 Å². The van der Waals surface area contributed by atoms with Crippen LogP contribution < -0.4 is 4.89 Å². The molecule has 0 aromatic heterocycles. The Labute approximate surface area is 171 Å². The summed E-state index contributed by atoms with van der Waals surface area (Å²) in [6, 6.07) is 0. The highest BCUT2D eigenvalue weighted by molar-refractivity contribution is 7.38. The number of unbranched alkanes of at least 4 members (excludes halogenated alkanes) is 11. The van der Waals surface area contributed by atoms with Gasteiger partial charge in [0.25, 0.3) is 5.28 Å². The van der Waals surface area contributed by atoms with Crippen molar-refractivity contribution >= 4 is 8.03 Å².